The van der Waals surface area contributed by atoms with Crippen LogP contribution in [0.5, 0.6) is 0 Å². The summed E-state index contributed by atoms with van der Waals surface area (Å²) in [4.78, 5) is 29.3. The molecule has 1 heterocycles. The van der Waals surface area contributed by atoms with Crippen LogP contribution in [0.1, 0.15) is 28.5 Å². The number of hydrogen-bond acceptors (Lipinski definition) is 5. The molecule has 0 unspecified atom stereocenters. The Bertz CT molecular complexity index is 1080. The third-order valence-electron chi connectivity index (χ3n) is 3.84. The van der Waals surface area contributed by atoms with Gasteiger partial charge in [-0.3, -0.25) is 14.5 Å². The molecule has 29 heavy (non-hydrogen) atoms. The minimum Gasteiger partial charge on any atom is -0.274 e. The van der Waals surface area contributed by atoms with Crippen LogP contribution in [-0.2, 0) is 4.79 Å². The van der Waals surface area contributed by atoms with Gasteiger partial charge in [0.25, 0.3) is 5.91 Å². The zero-order chi connectivity index (χ0) is 21.0. The van der Waals surface area contributed by atoms with E-state index in [0.717, 1.165) is 27.9 Å². The molecule has 0 saturated heterocycles. The first kappa shape index (κ1) is 20.3. The SMILES string of the molecule is CC(=O)N(c1nc(/C=N\NC(=O)c2ccc(C)cc2)cs1)c1ccc(F)cc1F. The number of thiazole rings is 1. The van der Waals surface area contributed by atoms with Crippen LogP contribution in [0.2, 0.25) is 0 Å². The van der Waals surface area contributed by atoms with Gasteiger partial charge in [-0.15, -0.1) is 11.3 Å². The Morgan fingerprint density at radius 2 is 1.90 bits per heavy atom. The predicted molar refractivity (Wildman–Crippen MR) is 108 cm³/mol. The molecule has 6 nitrogen and oxygen atoms in total. The van der Waals surface area contributed by atoms with Crippen molar-refractivity contribution >= 4 is 40.2 Å². The van der Waals surface area contributed by atoms with Gasteiger partial charge in [-0.25, -0.2) is 19.2 Å². The Labute approximate surface area is 169 Å². The molecule has 3 rings (SSSR count). The molecular formula is C20H16F2N4O2S. The van der Waals surface area contributed by atoms with E-state index < -0.39 is 17.5 Å². The Kier molecular flexibility index (Phi) is 6.08. The van der Waals surface area contributed by atoms with Crippen LogP contribution in [0.25, 0.3) is 0 Å². The molecule has 2 amide bonds. The lowest BCUT2D eigenvalue weighted by molar-refractivity contribution is -0.115. The van der Waals surface area contributed by atoms with Crippen molar-refractivity contribution < 1.29 is 18.4 Å². The first-order valence-corrected chi connectivity index (χ1v) is 9.34. The zero-order valence-corrected chi connectivity index (χ0v) is 16.3. The van der Waals surface area contributed by atoms with Crippen molar-refractivity contribution in [3.05, 3.63) is 76.3 Å². The van der Waals surface area contributed by atoms with Crippen LogP contribution in [-0.4, -0.2) is 23.0 Å². The molecule has 148 valence electrons. The summed E-state index contributed by atoms with van der Waals surface area (Å²) in [6, 6.07) is 9.93. The van der Waals surface area contributed by atoms with Crippen LogP contribution in [0.4, 0.5) is 19.6 Å². The summed E-state index contributed by atoms with van der Waals surface area (Å²) in [7, 11) is 0. The van der Waals surface area contributed by atoms with Gasteiger partial charge in [-0.2, -0.15) is 5.10 Å². The van der Waals surface area contributed by atoms with Crippen molar-refractivity contribution in [2.75, 3.05) is 4.90 Å². The first-order chi connectivity index (χ1) is 13.8. The number of benzene rings is 2. The number of rotatable bonds is 5. The van der Waals surface area contributed by atoms with E-state index in [9.17, 15) is 18.4 Å². The molecule has 3 aromatic rings. The topological polar surface area (TPSA) is 74.7 Å². The maximum atomic E-state index is 14.1. The number of carbonyl (C=O) groups is 2. The van der Waals surface area contributed by atoms with Crippen LogP contribution in [0.15, 0.2) is 52.9 Å². The highest BCUT2D eigenvalue weighted by molar-refractivity contribution is 7.14. The number of halogens is 2. The highest BCUT2D eigenvalue weighted by Gasteiger charge is 2.21. The fraction of sp³-hybridized carbons (Fsp3) is 0.100. The Balaban J connectivity index is 1.74. The van der Waals surface area contributed by atoms with E-state index in [1.165, 1.54) is 19.2 Å². The second-order valence-electron chi connectivity index (χ2n) is 6.07. The number of nitrogens with one attached hydrogen (secondary N) is 1. The van der Waals surface area contributed by atoms with Crippen LogP contribution >= 0.6 is 11.3 Å². The number of aryl methyl sites for hydroxylation is 1. The van der Waals surface area contributed by atoms with Crippen molar-refractivity contribution in [1.82, 2.24) is 10.4 Å². The maximum Gasteiger partial charge on any atom is 0.271 e. The second kappa shape index (κ2) is 8.70. The molecule has 9 heteroatoms. The molecular weight excluding hydrogens is 398 g/mol. The Morgan fingerprint density at radius 1 is 1.17 bits per heavy atom. The van der Waals surface area contributed by atoms with Gasteiger partial charge in [0.15, 0.2) is 5.13 Å². The van der Waals surface area contributed by atoms with E-state index in [1.807, 2.05) is 19.1 Å². The third kappa shape index (κ3) is 4.88. The average Bonchev–Trinajstić information content (AvgIpc) is 3.12. The summed E-state index contributed by atoms with van der Waals surface area (Å²) in [5.74, 6) is -2.49. The molecule has 0 atom stereocenters. The number of hydrazone groups is 1. The van der Waals surface area contributed by atoms with Crippen molar-refractivity contribution in [3.8, 4) is 0 Å². The van der Waals surface area contributed by atoms with Gasteiger partial charge in [0.05, 0.1) is 17.6 Å². The summed E-state index contributed by atoms with van der Waals surface area (Å²) < 4.78 is 27.3. The number of nitrogens with zero attached hydrogens (tertiary/aromatic N) is 3. The molecule has 2 aromatic carbocycles. The smallest absolute Gasteiger partial charge is 0.271 e. The number of hydrogen-bond donors (Lipinski definition) is 1. The molecule has 0 spiro atoms. The van der Waals surface area contributed by atoms with Gasteiger partial charge in [-0.05, 0) is 31.2 Å². The summed E-state index contributed by atoms with van der Waals surface area (Å²) in [5.41, 5.74) is 4.14. The number of anilines is 2. The molecule has 1 N–H and O–H groups in total. The normalized spacial score (nSPS) is 10.9. The molecule has 1 aromatic heterocycles. The van der Waals surface area contributed by atoms with Crippen LogP contribution < -0.4 is 10.3 Å². The molecule has 0 saturated carbocycles. The lowest BCUT2D eigenvalue weighted by Crippen LogP contribution is -2.23. The molecule has 0 aliphatic carbocycles. The molecule has 0 aliphatic rings. The monoisotopic (exact) mass is 414 g/mol. The van der Waals surface area contributed by atoms with Gasteiger partial charge in [0.2, 0.25) is 5.91 Å². The van der Waals surface area contributed by atoms with Crippen LogP contribution in [0, 0.1) is 18.6 Å². The molecule has 0 bridgehead atoms. The summed E-state index contributed by atoms with van der Waals surface area (Å²) in [6.45, 7) is 3.17. The Morgan fingerprint density at radius 3 is 2.55 bits per heavy atom. The second-order valence-corrected chi connectivity index (χ2v) is 6.91. The largest absolute Gasteiger partial charge is 0.274 e. The third-order valence-corrected chi connectivity index (χ3v) is 4.69. The van der Waals surface area contributed by atoms with Gasteiger partial charge < -0.3 is 0 Å². The predicted octanol–water partition coefficient (Wildman–Crippen LogP) is 4.18. The van der Waals surface area contributed by atoms with Crippen molar-refractivity contribution in [2.24, 2.45) is 5.10 Å². The minimum absolute atomic E-state index is 0.107. The highest BCUT2D eigenvalue weighted by Crippen LogP contribution is 2.30. The number of amides is 2. The van der Waals surface area contributed by atoms with E-state index in [0.29, 0.717) is 17.3 Å². The van der Waals surface area contributed by atoms with Gasteiger partial charge >= 0.3 is 0 Å². The number of aromatic nitrogens is 1. The van der Waals surface area contributed by atoms with E-state index in [2.05, 4.69) is 15.5 Å². The van der Waals surface area contributed by atoms with Gasteiger partial charge in [0.1, 0.15) is 11.6 Å². The Hall–Kier alpha value is -3.46. The van der Waals surface area contributed by atoms with Gasteiger partial charge in [-0.1, -0.05) is 17.7 Å². The lowest BCUT2D eigenvalue weighted by Gasteiger charge is -2.18. The van der Waals surface area contributed by atoms with Crippen molar-refractivity contribution in [2.45, 2.75) is 13.8 Å². The molecule has 0 fully saturated rings. The zero-order valence-electron chi connectivity index (χ0n) is 15.5. The summed E-state index contributed by atoms with van der Waals surface area (Å²) in [5, 5.41) is 5.63. The quantitative estimate of drug-likeness (QED) is 0.503. The van der Waals surface area contributed by atoms with Crippen LogP contribution in [0.3, 0.4) is 0 Å². The van der Waals surface area contributed by atoms with Crippen molar-refractivity contribution in [1.29, 1.82) is 0 Å². The summed E-state index contributed by atoms with van der Waals surface area (Å²) in [6.07, 6.45) is 1.31. The maximum absolute atomic E-state index is 14.1. The molecule has 0 radical (unpaired) electrons. The average molecular weight is 414 g/mol. The van der Waals surface area contributed by atoms with Gasteiger partial charge in [0, 0.05) is 23.9 Å². The minimum atomic E-state index is -0.879. The van der Waals surface area contributed by atoms with Crippen molar-refractivity contribution in [3.63, 3.8) is 0 Å². The van der Waals surface area contributed by atoms with E-state index in [-0.39, 0.29) is 16.7 Å². The fourth-order valence-electron chi connectivity index (χ4n) is 2.43. The molecule has 0 aliphatic heterocycles. The van der Waals surface area contributed by atoms with E-state index in [1.54, 1.807) is 17.5 Å². The summed E-state index contributed by atoms with van der Waals surface area (Å²) >= 11 is 1.08. The van der Waals surface area contributed by atoms with E-state index >= 15 is 0 Å². The standard InChI is InChI=1S/C20H16F2N4O2S/c1-12-3-5-14(6-4-12)19(28)25-23-10-16-11-29-20(24-16)26(13(2)27)18-8-7-15(21)9-17(18)22/h3-11H,1-2H3,(H,25,28)/b23-10-. The van der Waals surface area contributed by atoms with E-state index in [4.69, 9.17) is 0 Å². The highest BCUT2D eigenvalue weighted by atomic mass is 32.1. The first-order valence-electron chi connectivity index (χ1n) is 8.46. The fourth-order valence-corrected chi connectivity index (χ4v) is 3.26. The lowest BCUT2D eigenvalue weighted by atomic mass is 10.1. The number of carbonyl (C=O) groups excluding carboxylic acids is 2.